The SMILES string of the molecule is CCn1c(C(F)(F)F)cc2nc(-c3nc(-c4ccncc4)ccc3S(=O)(=O)CC)n(C)c2c1=O. The molecule has 0 amide bonds. The lowest BCUT2D eigenvalue weighted by molar-refractivity contribution is -0.144. The van der Waals surface area contributed by atoms with Crippen molar-refractivity contribution < 1.29 is 21.6 Å². The van der Waals surface area contributed by atoms with E-state index in [0.29, 0.717) is 15.8 Å². The average Bonchev–Trinajstić information content (AvgIpc) is 3.15. The fourth-order valence-corrected chi connectivity index (χ4v) is 4.79. The van der Waals surface area contributed by atoms with E-state index in [1.807, 2.05) is 0 Å². The number of nitrogens with zero attached hydrogens (tertiary/aromatic N) is 5. The van der Waals surface area contributed by atoms with E-state index in [1.54, 1.807) is 24.5 Å². The summed E-state index contributed by atoms with van der Waals surface area (Å²) >= 11 is 0. The quantitative estimate of drug-likeness (QED) is 0.422. The van der Waals surface area contributed by atoms with Crippen LogP contribution in [0.3, 0.4) is 0 Å². The molecule has 0 aliphatic rings. The number of alkyl halides is 3. The van der Waals surface area contributed by atoms with Gasteiger partial charge in [-0.3, -0.25) is 9.78 Å². The Morgan fingerprint density at radius 1 is 1.03 bits per heavy atom. The van der Waals surface area contributed by atoms with Gasteiger partial charge in [-0.2, -0.15) is 13.2 Å². The minimum absolute atomic E-state index is 0.0305. The molecule has 0 aromatic carbocycles. The van der Waals surface area contributed by atoms with Gasteiger partial charge in [0.2, 0.25) is 0 Å². The monoisotopic (exact) mass is 491 g/mol. The average molecular weight is 491 g/mol. The van der Waals surface area contributed by atoms with E-state index in [9.17, 15) is 26.4 Å². The van der Waals surface area contributed by atoms with Crippen LogP contribution in [0.1, 0.15) is 19.5 Å². The molecule has 0 atom stereocenters. The van der Waals surface area contributed by atoms with E-state index in [0.717, 1.165) is 6.07 Å². The van der Waals surface area contributed by atoms with Crippen LogP contribution < -0.4 is 5.56 Å². The molecule has 0 spiro atoms. The number of aryl methyl sites for hydroxylation is 1. The van der Waals surface area contributed by atoms with Gasteiger partial charge in [-0.1, -0.05) is 6.92 Å². The number of sulfone groups is 1. The number of imidazole rings is 1. The zero-order chi connectivity index (χ0) is 24.8. The first-order chi connectivity index (χ1) is 16.0. The van der Waals surface area contributed by atoms with Crippen molar-refractivity contribution in [2.24, 2.45) is 7.05 Å². The molecule has 0 radical (unpaired) electrons. The highest BCUT2D eigenvalue weighted by molar-refractivity contribution is 7.91. The van der Waals surface area contributed by atoms with E-state index in [-0.39, 0.29) is 39.7 Å². The third-order valence-corrected chi connectivity index (χ3v) is 7.26. The predicted octanol–water partition coefficient (Wildman–Crippen LogP) is 3.69. The number of hydrogen-bond acceptors (Lipinski definition) is 6. The fraction of sp³-hybridized carbons (Fsp3) is 0.273. The predicted molar refractivity (Wildman–Crippen MR) is 120 cm³/mol. The number of pyridine rings is 3. The second-order valence-corrected chi connectivity index (χ2v) is 9.73. The first kappa shape index (κ1) is 23.6. The maximum atomic E-state index is 13.6. The van der Waals surface area contributed by atoms with Crippen LogP contribution in [-0.4, -0.2) is 38.3 Å². The largest absolute Gasteiger partial charge is 0.431 e. The molecule has 4 aromatic heterocycles. The number of rotatable bonds is 5. The van der Waals surface area contributed by atoms with Gasteiger partial charge in [-0.25, -0.2) is 18.4 Å². The van der Waals surface area contributed by atoms with Crippen LogP contribution in [0.4, 0.5) is 13.2 Å². The van der Waals surface area contributed by atoms with E-state index < -0.39 is 27.3 Å². The zero-order valence-corrected chi connectivity index (χ0v) is 19.3. The first-order valence-corrected chi connectivity index (χ1v) is 12.0. The third-order valence-electron chi connectivity index (χ3n) is 5.50. The highest BCUT2D eigenvalue weighted by Crippen LogP contribution is 2.33. The minimum Gasteiger partial charge on any atom is -0.321 e. The highest BCUT2D eigenvalue weighted by Gasteiger charge is 2.36. The lowest BCUT2D eigenvalue weighted by Gasteiger charge is -2.14. The van der Waals surface area contributed by atoms with E-state index in [1.165, 1.54) is 37.6 Å². The van der Waals surface area contributed by atoms with Gasteiger partial charge >= 0.3 is 6.18 Å². The molecule has 0 saturated heterocycles. The van der Waals surface area contributed by atoms with Crippen LogP contribution in [-0.2, 0) is 29.6 Å². The molecule has 34 heavy (non-hydrogen) atoms. The molecule has 8 nitrogen and oxygen atoms in total. The van der Waals surface area contributed by atoms with Crippen molar-refractivity contribution >= 4 is 20.9 Å². The Labute approximate surface area is 192 Å². The van der Waals surface area contributed by atoms with Crippen molar-refractivity contribution in [3.63, 3.8) is 0 Å². The third kappa shape index (κ3) is 3.87. The van der Waals surface area contributed by atoms with Crippen molar-refractivity contribution in [2.45, 2.75) is 31.5 Å². The molecule has 4 aromatic rings. The van der Waals surface area contributed by atoms with Crippen LogP contribution in [0, 0.1) is 0 Å². The normalized spacial score (nSPS) is 12.4. The fourth-order valence-electron chi connectivity index (χ4n) is 3.78. The molecule has 0 unspecified atom stereocenters. The van der Waals surface area contributed by atoms with Crippen LogP contribution in [0.5, 0.6) is 0 Å². The summed E-state index contributed by atoms with van der Waals surface area (Å²) in [6.07, 6.45) is -1.67. The Kier molecular flexibility index (Phi) is 5.80. The summed E-state index contributed by atoms with van der Waals surface area (Å²) < 4.78 is 68.3. The zero-order valence-electron chi connectivity index (χ0n) is 18.5. The highest BCUT2D eigenvalue weighted by atomic mass is 32.2. The summed E-state index contributed by atoms with van der Waals surface area (Å²) in [4.78, 5) is 25.6. The first-order valence-electron chi connectivity index (χ1n) is 10.3. The summed E-state index contributed by atoms with van der Waals surface area (Å²) in [5.41, 5.74) is -1.26. The number of fused-ring (bicyclic) bond motifs is 1. The van der Waals surface area contributed by atoms with Crippen LogP contribution in [0.25, 0.3) is 33.8 Å². The van der Waals surface area contributed by atoms with E-state index in [2.05, 4.69) is 15.0 Å². The number of hydrogen-bond donors (Lipinski definition) is 0. The second-order valence-electron chi connectivity index (χ2n) is 7.49. The van der Waals surface area contributed by atoms with Gasteiger partial charge in [0.1, 0.15) is 16.9 Å². The molecular weight excluding hydrogens is 471 g/mol. The van der Waals surface area contributed by atoms with Gasteiger partial charge in [0, 0.05) is 31.5 Å². The van der Waals surface area contributed by atoms with Crippen molar-refractivity contribution in [1.29, 1.82) is 0 Å². The molecule has 0 fully saturated rings. The lowest BCUT2D eigenvalue weighted by atomic mass is 10.1. The van der Waals surface area contributed by atoms with E-state index in [4.69, 9.17) is 0 Å². The lowest BCUT2D eigenvalue weighted by Crippen LogP contribution is -2.28. The van der Waals surface area contributed by atoms with Gasteiger partial charge in [0.15, 0.2) is 15.7 Å². The molecule has 0 bridgehead atoms. The summed E-state index contributed by atoms with van der Waals surface area (Å²) in [6, 6.07) is 7.09. The Bertz CT molecular complexity index is 1560. The Balaban J connectivity index is 2.08. The van der Waals surface area contributed by atoms with E-state index >= 15 is 0 Å². The van der Waals surface area contributed by atoms with Gasteiger partial charge in [-0.05, 0) is 37.3 Å². The summed E-state index contributed by atoms with van der Waals surface area (Å²) in [7, 11) is -2.33. The van der Waals surface area contributed by atoms with Crippen molar-refractivity contribution in [2.75, 3.05) is 5.75 Å². The molecule has 12 heteroatoms. The van der Waals surface area contributed by atoms with Crippen molar-refractivity contribution in [3.05, 3.63) is 58.8 Å². The molecule has 0 aliphatic heterocycles. The smallest absolute Gasteiger partial charge is 0.321 e. The second kappa shape index (κ2) is 8.35. The molecule has 178 valence electrons. The van der Waals surface area contributed by atoms with Crippen LogP contribution in [0.15, 0.2) is 52.4 Å². The summed E-state index contributed by atoms with van der Waals surface area (Å²) in [6.45, 7) is 2.71. The molecule has 0 aliphatic carbocycles. The maximum absolute atomic E-state index is 13.6. The van der Waals surface area contributed by atoms with Crippen LogP contribution >= 0.6 is 0 Å². The Hall–Kier alpha value is -3.54. The molecule has 4 heterocycles. The summed E-state index contributed by atoms with van der Waals surface area (Å²) in [5.74, 6) is -0.252. The number of aromatic nitrogens is 5. The Morgan fingerprint density at radius 3 is 2.29 bits per heavy atom. The van der Waals surface area contributed by atoms with Gasteiger partial charge in [0.05, 0.1) is 21.9 Å². The van der Waals surface area contributed by atoms with Crippen molar-refractivity contribution in [3.8, 4) is 22.8 Å². The van der Waals surface area contributed by atoms with Gasteiger partial charge < -0.3 is 9.13 Å². The molecule has 0 N–H and O–H groups in total. The number of halogens is 3. The van der Waals surface area contributed by atoms with Crippen LogP contribution in [0.2, 0.25) is 0 Å². The molecule has 4 rings (SSSR count). The van der Waals surface area contributed by atoms with Gasteiger partial charge in [0.25, 0.3) is 5.56 Å². The summed E-state index contributed by atoms with van der Waals surface area (Å²) in [5, 5.41) is 0. The van der Waals surface area contributed by atoms with Crippen molar-refractivity contribution in [1.82, 2.24) is 24.1 Å². The minimum atomic E-state index is -4.77. The topological polar surface area (TPSA) is 99.7 Å². The Morgan fingerprint density at radius 2 is 1.71 bits per heavy atom. The van der Waals surface area contributed by atoms with Gasteiger partial charge in [-0.15, -0.1) is 0 Å². The standard InChI is InChI=1S/C22H20F3N5O3S/c1-4-30-17(22(23,24)25)12-15-19(21(30)31)29(3)20(28-15)18-16(34(32,33)5-2)7-6-14(27-18)13-8-10-26-11-9-13/h6-12H,4-5H2,1-3H3. The molecule has 0 saturated carbocycles. The molecular formula is C22H20F3N5O3S. The maximum Gasteiger partial charge on any atom is 0.431 e.